The van der Waals surface area contributed by atoms with Gasteiger partial charge in [0.2, 0.25) is 0 Å². The first-order valence-electron chi connectivity index (χ1n) is 6.23. The molecule has 3 aromatic rings. The summed E-state index contributed by atoms with van der Waals surface area (Å²) >= 11 is 2.30. The first kappa shape index (κ1) is 13.2. The second kappa shape index (κ2) is 5.66. The van der Waals surface area contributed by atoms with Crippen LogP contribution >= 0.6 is 22.6 Å². The van der Waals surface area contributed by atoms with Crippen molar-refractivity contribution in [1.29, 1.82) is 0 Å². The molecule has 0 aliphatic heterocycles. The molecule has 0 N–H and O–H groups in total. The minimum atomic E-state index is 0.846. The van der Waals surface area contributed by atoms with Gasteiger partial charge in [-0.25, -0.2) is 4.68 Å². The van der Waals surface area contributed by atoms with Crippen LogP contribution in [0.15, 0.2) is 60.7 Å². The number of nitrogens with zero attached hydrogens (tertiary/aromatic N) is 2. The van der Waals surface area contributed by atoms with Crippen LogP contribution in [0.5, 0.6) is 5.75 Å². The molecule has 3 nitrogen and oxygen atoms in total. The summed E-state index contributed by atoms with van der Waals surface area (Å²) in [6, 6.07) is 20.2. The Morgan fingerprint density at radius 2 is 1.70 bits per heavy atom. The van der Waals surface area contributed by atoms with E-state index in [0.29, 0.717) is 0 Å². The van der Waals surface area contributed by atoms with Crippen LogP contribution in [0.4, 0.5) is 0 Å². The summed E-state index contributed by atoms with van der Waals surface area (Å²) in [6.45, 7) is 0. The van der Waals surface area contributed by atoms with Gasteiger partial charge in [-0.1, -0.05) is 30.3 Å². The molecule has 1 heterocycles. The van der Waals surface area contributed by atoms with Gasteiger partial charge in [0, 0.05) is 5.56 Å². The Hall–Kier alpha value is -1.82. The highest BCUT2D eigenvalue weighted by Crippen LogP contribution is 2.23. The van der Waals surface area contributed by atoms with Crippen molar-refractivity contribution in [2.75, 3.05) is 7.11 Å². The average Bonchev–Trinajstić information content (AvgIpc) is 2.90. The molecular weight excluding hydrogens is 363 g/mol. The van der Waals surface area contributed by atoms with E-state index in [1.165, 1.54) is 0 Å². The van der Waals surface area contributed by atoms with Gasteiger partial charge in [0.1, 0.15) is 9.45 Å². The minimum Gasteiger partial charge on any atom is -0.497 e. The topological polar surface area (TPSA) is 27.1 Å². The number of aromatic nitrogens is 2. The first-order valence-corrected chi connectivity index (χ1v) is 7.31. The lowest BCUT2D eigenvalue weighted by Crippen LogP contribution is -1.98. The summed E-state index contributed by atoms with van der Waals surface area (Å²) in [4.78, 5) is 0. The van der Waals surface area contributed by atoms with Crippen molar-refractivity contribution >= 4 is 22.6 Å². The molecule has 2 aromatic carbocycles. The van der Waals surface area contributed by atoms with Crippen molar-refractivity contribution in [1.82, 2.24) is 9.78 Å². The maximum Gasteiger partial charge on any atom is 0.119 e. The van der Waals surface area contributed by atoms with E-state index in [0.717, 1.165) is 26.4 Å². The number of halogens is 1. The normalized spacial score (nSPS) is 10.5. The van der Waals surface area contributed by atoms with E-state index in [1.807, 2.05) is 47.1 Å². The zero-order valence-corrected chi connectivity index (χ0v) is 13.1. The maximum absolute atomic E-state index is 5.18. The molecule has 0 spiro atoms. The van der Waals surface area contributed by atoms with E-state index in [-0.39, 0.29) is 0 Å². The van der Waals surface area contributed by atoms with Crippen LogP contribution in [0, 0.1) is 3.70 Å². The lowest BCUT2D eigenvalue weighted by atomic mass is 10.2. The van der Waals surface area contributed by atoms with E-state index < -0.39 is 0 Å². The number of benzene rings is 2. The molecule has 0 bridgehead atoms. The van der Waals surface area contributed by atoms with Crippen LogP contribution in [-0.2, 0) is 0 Å². The van der Waals surface area contributed by atoms with Crippen LogP contribution < -0.4 is 4.74 Å². The molecule has 4 heteroatoms. The smallest absolute Gasteiger partial charge is 0.119 e. The van der Waals surface area contributed by atoms with Crippen LogP contribution in [-0.4, -0.2) is 16.9 Å². The Morgan fingerprint density at radius 1 is 1.00 bits per heavy atom. The van der Waals surface area contributed by atoms with Gasteiger partial charge in [0.25, 0.3) is 0 Å². The standard InChI is InChI=1S/C16H13IN2O/c1-20-14-9-7-13(8-10-14)19-16(17)11-15(18-19)12-5-3-2-4-6-12/h2-11H,1H3. The molecule has 0 amide bonds. The summed E-state index contributed by atoms with van der Waals surface area (Å²) in [5.74, 6) is 0.846. The zero-order chi connectivity index (χ0) is 13.9. The van der Waals surface area contributed by atoms with Gasteiger partial charge < -0.3 is 4.74 Å². The second-order valence-electron chi connectivity index (χ2n) is 4.33. The fourth-order valence-corrected chi connectivity index (χ4v) is 2.69. The zero-order valence-electron chi connectivity index (χ0n) is 11.0. The van der Waals surface area contributed by atoms with Crippen molar-refractivity contribution in [2.45, 2.75) is 0 Å². The third-order valence-corrected chi connectivity index (χ3v) is 3.82. The van der Waals surface area contributed by atoms with Crippen LogP contribution in [0.2, 0.25) is 0 Å². The molecule has 0 saturated carbocycles. The number of hydrogen-bond donors (Lipinski definition) is 0. The van der Waals surface area contributed by atoms with Crippen molar-refractivity contribution in [2.24, 2.45) is 0 Å². The van der Waals surface area contributed by atoms with E-state index >= 15 is 0 Å². The molecule has 0 atom stereocenters. The third-order valence-electron chi connectivity index (χ3n) is 3.05. The summed E-state index contributed by atoms with van der Waals surface area (Å²) in [5.41, 5.74) is 3.13. The molecule has 0 fully saturated rings. The monoisotopic (exact) mass is 376 g/mol. The molecule has 3 rings (SSSR count). The molecule has 100 valence electrons. The summed E-state index contributed by atoms with van der Waals surface area (Å²) in [5, 5.41) is 4.67. The highest BCUT2D eigenvalue weighted by Gasteiger charge is 2.08. The van der Waals surface area contributed by atoms with Gasteiger partial charge in [-0.3, -0.25) is 0 Å². The Labute approximate surface area is 131 Å². The quantitative estimate of drug-likeness (QED) is 0.643. The molecular formula is C16H13IN2O. The largest absolute Gasteiger partial charge is 0.497 e. The van der Waals surface area contributed by atoms with Crippen LogP contribution in [0.25, 0.3) is 16.9 Å². The van der Waals surface area contributed by atoms with E-state index in [1.54, 1.807) is 7.11 Å². The Bertz CT molecular complexity index is 705. The van der Waals surface area contributed by atoms with Crippen molar-refractivity contribution in [3.05, 3.63) is 64.4 Å². The Kier molecular flexibility index (Phi) is 3.73. The lowest BCUT2D eigenvalue weighted by Gasteiger charge is -2.04. The van der Waals surface area contributed by atoms with Gasteiger partial charge in [-0.2, -0.15) is 5.10 Å². The highest BCUT2D eigenvalue weighted by atomic mass is 127. The second-order valence-corrected chi connectivity index (χ2v) is 5.43. The molecule has 0 aliphatic rings. The fraction of sp³-hybridized carbons (Fsp3) is 0.0625. The number of methoxy groups -OCH3 is 1. The SMILES string of the molecule is COc1ccc(-n2nc(-c3ccccc3)cc2I)cc1. The highest BCUT2D eigenvalue weighted by molar-refractivity contribution is 14.1. The number of hydrogen-bond acceptors (Lipinski definition) is 2. The first-order chi connectivity index (χ1) is 9.78. The van der Waals surface area contributed by atoms with E-state index in [4.69, 9.17) is 4.74 Å². The Morgan fingerprint density at radius 3 is 2.35 bits per heavy atom. The van der Waals surface area contributed by atoms with E-state index in [9.17, 15) is 0 Å². The van der Waals surface area contributed by atoms with Crippen molar-refractivity contribution < 1.29 is 4.74 Å². The summed E-state index contributed by atoms with van der Waals surface area (Å²) in [7, 11) is 1.67. The molecule has 0 radical (unpaired) electrons. The fourth-order valence-electron chi connectivity index (χ4n) is 2.01. The van der Waals surface area contributed by atoms with Gasteiger partial charge in [0.05, 0.1) is 18.5 Å². The molecule has 0 unspecified atom stereocenters. The minimum absolute atomic E-state index is 0.846. The predicted octanol–water partition coefficient (Wildman–Crippen LogP) is 4.15. The van der Waals surface area contributed by atoms with E-state index in [2.05, 4.69) is 45.9 Å². The number of ether oxygens (including phenoxy) is 1. The van der Waals surface area contributed by atoms with Gasteiger partial charge in [-0.15, -0.1) is 0 Å². The van der Waals surface area contributed by atoms with Gasteiger partial charge in [0.15, 0.2) is 0 Å². The van der Waals surface area contributed by atoms with Crippen molar-refractivity contribution in [3.8, 4) is 22.7 Å². The lowest BCUT2D eigenvalue weighted by molar-refractivity contribution is 0.414. The summed E-state index contributed by atoms with van der Waals surface area (Å²) in [6.07, 6.45) is 0. The van der Waals surface area contributed by atoms with Crippen LogP contribution in [0.3, 0.4) is 0 Å². The molecule has 0 aliphatic carbocycles. The Balaban J connectivity index is 2.00. The predicted molar refractivity (Wildman–Crippen MR) is 88.3 cm³/mol. The molecule has 1 aromatic heterocycles. The van der Waals surface area contributed by atoms with Crippen molar-refractivity contribution in [3.63, 3.8) is 0 Å². The third kappa shape index (κ3) is 2.56. The molecule has 20 heavy (non-hydrogen) atoms. The maximum atomic E-state index is 5.18. The number of rotatable bonds is 3. The van der Waals surface area contributed by atoms with Gasteiger partial charge >= 0.3 is 0 Å². The average molecular weight is 376 g/mol. The van der Waals surface area contributed by atoms with Crippen LogP contribution in [0.1, 0.15) is 0 Å². The molecule has 0 saturated heterocycles. The summed E-state index contributed by atoms with van der Waals surface area (Å²) < 4.78 is 8.19. The van der Waals surface area contributed by atoms with Gasteiger partial charge in [-0.05, 0) is 52.9 Å².